The number of carbonyl (C=O) groups excluding carboxylic acids is 1. The van der Waals surface area contributed by atoms with E-state index in [2.05, 4.69) is 4.98 Å². The molecular formula is C14H14BNO2. The number of nitrogens with zero attached hydrogens (tertiary/aromatic N) is 1. The summed E-state index contributed by atoms with van der Waals surface area (Å²) in [6, 6.07) is 5.62. The zero-order valence-corrected chi connectivity index (χ0v) is 10.8. The van der Waals surface area contributed by atoms with Crippen molar-refractivity contribution in [2.24, 2.45) is 0 Å². The average molecular weight is 239 g/mol. The molecule has 2 aromatic rings. The van der Waals surface area contributed by atoms with Gasteiger partial charge in [-0.1, -0.05) is 17.6 Å². The number of fused-ring (bicyclic) bond motifs is 1. The summed E-state index contributed by atoms with van der Waals surface area (Å²) in [5.74, 6) is -0.252. The Bertz CT molecular complexity index is 623. The van der Waals surface area contributed by atoms with Crippen LogP contribution in [0.1, 0.15) is 16.8 Å². The first-order valence-electron chi connectivity index (χ1n) is 5.75. The molecule has 0 aliphatic heterocycles. The van der Waals surface area contributed by atoms with Crippen molar-refractivity contribution in [1.82, 2.24) is 4.98 Å². The summed E-state index contributed by atoms with van der Waals surface area (Å²) >= 11 is 0. The van der Waals surface area contributed by atoms with Gasteiger partial charge in [0.25, 0.3) is 0 Å². The van der Waals surface area contributed by atoms with Crippen LogP contribution in [0.25, 0.3) is 10.9 Å². The maximum Gasteiger partial charge on any atom is 0.310 e. The number of hydrogen-bond donors (Lipinski definition) is 0. The van der Waals surface area contributed by atoms with E-state index in [0.29, 0.717) is 5.46 Å². The lowest BCUT2D eigenvalue weighted by Gasteiger charge is -2.12. The fraction of sp³-hybridized carbons (Fsp3) is 0.286. The molecule has 0 spiro atoms. The third kappa shape index (κ3) is 2.23. The molecule has 3 nitrogen and oxygen atoms in total. The van der Waals surface area contributed by atoms with Gasteiger partial charge in [-0.15, -0.1) is 0 Å². The first-order chi connectivity index (χ1) is 8.52. The summed E-state index contributed by atoms with van der Waals surface area (Å²) in [5, 5.41) is 1.02. The predicted molar refractivity (Wildman–Crippen MR) is 72.3 cm³/mol. The monoisotopic (exact) mass is 239 g/mol. The molecule has 0 bridgehead atoms. The highest BCUT2D eigenvalue weighted by molar-refractivity contribution is 6.33. The van der Waals surface area contributed by atoms with Crippen molar-refractivity contribution in [1.29, 1.82) is 0 Å². The third-order valence-corrected chi connectivity index (χ3v) is 3.15. The second kappa shape index (κ2) is 4.80. The van der Waals surface area contributed by atoms with Crippen molar-refractivity contribution >= 4 is 30.2 Å². The standard InChI is InChI=1S/C14H14BNO2/c1-8-11-5-4-10(15)6-13(11)16-9(2)12(8)7-14(17)18-3/h4-6H,7H2,1-3H3. The summed E-state index contributed by atoms with van der Waals surface area (Å²) < 4.78 is 4.71. The van der Waals surface area contributed by atoms with Crippen molar-refractivity contribution in [2.45, 2.75) is 20.3 Å². The van der Waals surface area contributed by atoms with E-state index in [1.54, 1.807) is 0 Å². The molecule has 0 aliphatic rings. The van der Waals surface area contributed by atoms with Crippen LogP contribution >= 0.6 is 0 Å². The largest absolute Gasteiger partial charge is 0.469 e. The number of esters is 1. The van der Waals surface area contributed by atoms with E-state index in [-0.39, 0.29) is 12.4 Å². The number of aromatic nitrogens is 1. The molecule has 2 rings (SSSR count). The number of methoxy groups -OCH3 is 1. The van der Waals surface area contributed by atoms with Crippen molar-refractivity contribution in [3.63, 3.8) is 0 Å². The van der Waals surface area contributed by atoms with Gasteiger partial charge in [0.15, 0.2) is 0 Å². The molecule has 2 radical (unpaired) electrons. The smallest absolute Gasteiger partial charge is 0.310 e. The van der Waals surface area contributed by atoms with Gasteiger partial charge in [0.2, 0.25) is 0 Å². The van der Waals surface area contributed by atoms with Crippen molar-refractivity contribution in [3.8, 4) is 0 Å². The van der Waals surface area contributed by atoms with Crippen LogP contribution in [0, 0.1) is 13.8 Å². The fourth-order valence-electron chi connectivity index (χ4n) is 2.12. The lowest BCUT2D eigenvalue weighted by Crippen LogP contribution is -2.10. The molecule has 0 amide bonds. The third-order valence-electron chi connectivity index (χ3n) is 3.15. The molecule has 18 heavy (non-hydrogen) atoms. The molecule has 0 fully saturated rings. The van der Waals surface area contributed by atoms with E-state index in [0.717, 1.165) is 27.7 Å². The van der Waals surface area contributed by atoms with Crippen LogP contribution < -0.4 is 5.46 Å². The minimum Gasteiger partial charge on any atom is -0.469 e. The zero-order chi connectivity index (χ0) is 13.3. The minimum absolute atomic E-state index is 0.251. The Morgan fingerprint density at radius 3 is 2.78 bits per heavy atom. The van der Waals surface area contributed by atoms with Gasteiger partial charge in [0.1, 0.15) is 7.85 Å². The molecule has 1 heterocycles. The number of rotatable bonds is 2. The summed E-state index contributed by atoms with van der Waals surface area (Å²) in [6.07, 6.45) is 0.251. The predicted octanol–water partition coefficient (Wildman–Crippen LogP) is 1.36. The van der Waals surface area contributed by atoms with Crippen LogP contribution in [0.2, 0.25) is 0 Å². The SMILES string of the molecule is [B]c1ccc2c(C)c(CC(=O)OC)c(C)nc2c1. The van der Waals surface area contributed by atoms with Gasteiger partial charge in [-0.2, -0.15) is 0 Å². The van der Waals surface area contributed by atoms with E-state index in [1.165, 1.54) is 7.11 Å². The Labute approximate surface area is 108 Å². The van der Waals surface area contributed by atoms with E-state index < -0.39 is 0 Å². The Morgan fingerprint density at radius 1 is 1.39 bits per heavy atom. The normalized spacial score (nSPS) is 10.6. The Kier molecular flexibility index (Phi) is 3.37. The highest BCUT2D eigenvalue weighted by atomic mass is 16.5. The first kappa shape index (κ1) is 12.6. The van der Waals surface area contributed by atoms with Crippen molar-refractivity contribution < 1.29 is 9.53 Å². The van der Waals surface area contributed by atoms with Crippen LogP contribution in [0.3, 0.4) is 0 Å². The molecule has 4 heteroatoms. The minimum atomic E-state index is -0.252. The van der Waals surface area contributed by atoms with Crippen LogP contribution in [0.5, 0.6) is 0 Å². The maximum atomic E-state index is 11.4. The first-order valence-corrected chi connectivity index (χ1v) is 5.75. The van der Waals surface area contributed by atoms with E-state index in [4.69, 9.17) is 12.6 Å². The van der Waals surface area contributed by atoms with Gasteiger partial charge >= 0.3 is 5.97 Å². The Morgan fingerprint density at radius 2 is 2.11 bits per heavy atom. The number of carbonyl (C=O) groups is 1. The summed E-state index contributed by atoms with van der Waals surface area (Å²) in [6.45, 7) is 3.89. The van der Waals surface area contributed by atoms with Gasteiger partial charge in [0.05, 0.1) is 19.0 Å². The summed E-state index contributed by atoms with van der Waals surface area (Å²) in [4.78, 5) is 15.9. The number of hydrogen-bond acceptors (Lipinski definition) is 3. The number of aryl methyl sites for hydroxylation is 2. The molecule has 0 saturated carbocycles. The number of benzene rings is 1. The van der Waals surface area contributed by atoms with Gasteiger partial charge in [-0.25, -0.2) is 0 Å². The molecule has 0 unspecified atom stereocenters. The van der Waals surface area contributed by atoms with Gasteiger partial charge in [0, 0.05) is 11.1 Å². The van der Waals surface area contributed by atoms with E-state index in [1.807, 2.05) is 32.0 Å². The Balaban J connectivity index is 2.61. The van der Waals surface area contributed by atoms with Gasteiger partial charge in [-0.3, -0.25) is 9.78 Å². The van der Waals surface area contributed by atoms with Gasteiger partial charge < -0.3 is 4.74 Å². The molecule has 0 aliphatic carbocycles. The topological polar surface area (TPSA) is 39.2 Å². The molecule has 0 atom stereocenters. The van der Waals surface area contributed by atoms with Crippen molar-refractivity contribution in [2.75, 3.05) is 7.11 Å². The summed E-state index contributed by atoms with van der Waals surface area (Å²) in [5.41, 5.74) is 4.38. The lowest BCUT2D eigenvalue weighted by molar-refractivity contribution is -0.139. The van der Waals surface area contributed by atoms with E-state index in [9.17, 15) is 4.79 Å². The fourth-order valence-corrected chi connectivity index (χ4v) is 2.12. The Hall–Kier alpha value is -1.84. The molecule has 1 aromatic carbocycles. The van der Waals surface area contributed by atoms with Crippen LogP contribution in [-0.4, -0.2) is 25.9 Å². The quantitative estimate of drug-likeness (QED) is 0.586. The highest BCUT2D eigenvalue weighted by Crippen LogP contribution is 2.22. The van der Waals surface area contributed by atoms with Crippen LogP contribution in [-0.2, 0) is 16.0 Å². The molecule has 0 saturated heterocycles. The second-order valence-electron chi connectivity index (χ2n) is 4.33. The second-order valence-corrected chi connectivity index (χ2v) is 4.33. The number of pyridine rings is 1. The van der Waals surface area contributed by atoms with Crippen LogP contribution in [0.15, 0.2) is 18.2 Å². The highest BCUT2D eigenvalue weighted by Gasteiger charge is 2.13. The average Bonchev–Trinajstić information content (AvgIpc) is 2.33. The van der Waals surface area contributed by atoms with Crippen molar-refractivity contribution in [3.05, 3.63) is 35.0 Å². The maximum absolute atomic E-state index is 11.4. The molecule has 0 N–H and O–H groups in total. The molecular weight excluding hydrogens is 225 g/mol. The lowest BCUT2D eigenvalue weighted by atomic mass is 9.92. The van der Waals surface area contributed by atoms with Gasteiger partial charge in [-0.05, 0) is 31.0 Å². The zero-order valence-electron chi connectivity index (χ0n) is 10.8. The molecule has 1 aromatic heterocycles. The van der Waals surface area contributed by atoms with E-state index >= 15 is 0 Å². The van der Waals surface area contributed by atoms with Crippen LogP contribution in [0.4, 0.5) is 0 Å². The summed E-state index contributed by atoms with van der Waals surface area (Å²) in [7, 11) is 7.14. The molecule has 90 valence electrons. The number of ether oxygens (including phenoxy) is 1.